The van der Waals surface area contributed by atoms with Crippen molar-refractivity contribution in [2.24, 2.45) is 5.73 Å². The molecule has 2 N–H and O–H groups in total. The van der Waals surface area contributed by atoms with E-state index in [1.807, 2.05) is 37.3 Å². The highest BCUT2D eigenvalue weighted by molar-refractivity contribution is 7.94. The average molecular weight is 324 g/mol. The lowest BCUT2D eigenvalue weighted by molar-refractivity contribution is 0.590. The molecule has 21 heavy (non-hydrogen) atoms. The van der Waals surface area contributed by atoms with Crippen LogP contribution >= 0.6 is 11.3 Å². The number of nitrogens with two attached hydrogens (primary N) is 1. The second kappa shape index (κ2) is 7.06. The third kappa shape index (κ3) is 3.64. The summed E-state index contributed by atoms with van der Waals surface area (Å²) in [7, 11) is -3.52. The molecule has 0 bridgehead atoms. The van der Waals surface area contributed by atoms with E-state index in [1.165, 1.54) is 15.6 Å². The fourth-order valence-corrected chi connectivity index (χ4v) is 4.85. The Morgan fingerprint density at radius 1 is 1.14 bits per heavy atom. The van der Waals surface area contributed by atoms with E-state index < -0.39 is 10.0 Å². The van der Waals surface area contributed by atoms with E-state index in [0.29, 0.717) is 23.0 Å². The highest BCUT2D eigenvalue weighted by Gasteiger charge is 2.25. The van der Waals surface area contributed by atoms with Gasteiger partial charge in [0.15, 0.2) is 0 Å². The minimum atomic E-state index is -3.52. The number of nitrogens with zero attached hydrogens (tertiary/aromatic N) is 1. The third-order valence-electron chi connectivity index (χ3n) is 3.14. The van der Waals surface area contributed by atoms with Gasteiger partial charge in [-0.2, -0.15) is 0 Å². The molecule has 4 nitrogen and oxygen atoms in total. The van der Waals surface area contributed by atoms with Gasteiger partial charge in [-0.1, -0.05) is 31.5 Å². The van der Waals surface area contributed by atoms with E-state index in [1.54, 1.807) is 12.1 Å². The van der Waals surface area contributed by atoms with Crippen LogP contribution in [0.1, 0.15) is 24.6 Å². The Balaban J connectivity index is 2.39. The maximum Gasteiger partial charge on any atom is 0.273 e. The Bertz CT molecular complexity index is 666. The fraction of sp³-hybridized carbons (Fsp3) is 0.333. The molecule has 0 saturated heterocycles. The molecular weight excluding hydrogens is 304 g/mol. The number of anilines is 1. The molecule has 0 amide bonds. The molecular formula is C15H20N2O2S2. The summed E-state index contributed by atoms with van der Waals surface area (Å²) in [5.74, 6) is 0. The van der Waals surface area contributed by atoms with Crippen LogP contribution in [0.25, 0.3) is 0 Å². The van der Waals surface area contributed by atoms with Crippen molar-refractivity contribution >= 4 is 27.0 Å². The number of hydrogen-bond donors (Lipinski definition) is 1. The lowest BCUT2D eigenvalue weighted by Gasteiger charge is -2.23. The molecule has 1 aromatic heterocycles. The Morgan fingerprint density at radius 3 is 2.43 bits per heavy atom. The molecule has 0 radical (unpaired) electrons. The lowest BCUT2D eigenvalue weighted by atomic mass is 10.3. The van der Waals surface area contributed by atoms with Gasteiger partial charge in [-0.25, -0.2) is 8.42 Å². The maximum absolute atomic E-state index is 12.9. The van der Waals surface area contributed by atoms with Crippen LogP contribution < -0.4 is 10.0 Å². The number of rotatable bonds is 7. The number of para-hydroxylation sites is 1. The van der Waals surface area contributed by atoms with Crippen LogP contribution in [0.2, 0.25) is 0 Å². The normalized spacial score (nSPS) is 11.5. The summed E-state index contributed by atoms with van der Waals surface area (Å²) >= 11 is 1.24. The minimum Gasteiger partial charge on any atom is -0.326 e. The van der Waals surface area contributed by atoms with Crippen LogP contribution in [-0.2, 0) is 16.6 Å². The quantitative estimate of drug-likeness (QED) is 0.850. The van der Waals surface area contributed by atoms with Gasteiger partial charge in [-0.05, 0) is 30.7 Å². The standard InChI is InChI=1S/C15H20N2O2S2/c1-2-3-11-17(13-7-5-4-6-8-13)21(18,19)15-10-9-14(12-16)20-15/h4-10H,2-3,11-12,16H2,1H3. The molecule has 0 saturated carbocycles. The van der Waals surface area contributed by atoms with Gasteiger partial charge in [0, 0.05) is 18.0 Å². The van der Waals surface area contributed by atoms with Crippen molar-refractivity contribution in [3.05, 3.63) is 47.3 Å². The Morgan fingerprint density at radius 2 is 1.86 bits per heavy atom. The van der Waals surface area contributed by atoms with Gasteiger partial charge in [-0.3, -0.25) is 4.31 Å². The van der Waals surface area contributed by atoms with E-state index >= 15 is 0 Å². The summed E-state index contributed by atoms with van der Waals surface area (Å²) in [4.78, 5) is 0.872. The number of benzene rings is 1. The first-order valence-electron chi connectivity index (χ1n) is 6.96. The first-order valence-corrected chi connectivity index (χ1v) is 9.21. The third-order valence-corrected chi connectivity index (χ3v) is 6.54. The van der Waals surface area contributed by atoms with Gasteiger partial charge in [0.25, 0.3) is 10.0 Å². The van der Waals surface area contributed by atoms with E-state index in [-0.39, 0.29) is 0 Å². The first kappa shape index (κ1) is 16.0. The molecule has 2 rings (SSSR count). The van der Waals surface area contributed by atoms with E-state index in [0.717, 1.165) is 17.7 Å². The smallest absolute Gasteiger partial charge is 0.273 e. The van der Waals surface area contributed by atoms with Crippen molar-refractivity contribution in [2.45, 2.75) is 30.5 Å². The predicted molar refractivity (Wildman–Crippen MR) is 88.1 cm³/mol. The largest absolute Gasteiger partial charge is 0.326 e. The van der Waals surface area contributed by atoms with Crippen molar-refractivity contribution in [2.75, 3.05) is 10.8 Å². The van der Waals surface area contributed by atoms with Crippen LogP contribution in [0.5, 0.6) is 0 Å². The Labute approximate surface area is 130 Å². The minimum absolute atomic E-state index is 0.350. The highest BCUT2D eigenvalue weighted by atomic mass is 32.2. The Kier molecular flexibility index (Phi) is 5.39. The van der Waals surface area contributed by atoms with Gasteiger partial charge in [0.1, 0.15) is 4.21 Å². The highest BCUT2D eigenvalue weighted by Crippen LogP contribution is 2.28. The second-order valence-electron chi connectivity index (χ2n) is 4.69. The molecule has 6 heteroatoms. The van der Waals surface area contributed by atoms with Crippen LogP contribution in [-0.4, -0.2) is 15.0 Å². The van der Waals surface area contributed by atoms with Gasteiger partial charge in [0.2, 0.25) is 0 Å². The summed E-state index contributed by atoms with van der Waals surface area (Å²) in [6.45, 7) is 2.90. The van der Waals surface area contributed by atoms with Crippen molar-refractivity contribution < 1.29 is 8.42 Å². The van der Waals surface area contributed by atoms with Crippen LogP contribution in [0.4, 0.5) is 5.69 Å². The molecule has 114 valence electrons. The van der Waals surface area contributed by atoms with Gasteiger partial charge < -0.3 is 5.73 Å². The van der Waals surface area contributed by atoms with E-state index in [9.17, 15) is 8.42 Å². The zero-order chi connectivity index (χ0) is 15.3. The zero-order valence-corrected chi connectivity index (χ0v) is 13.7. The van der Waals surface area contributed by atoms with Crippen LogP contribution in [0, 0.1) is 0 Å². The van der Waals surface area contributed by atoms with Gasteiger partial charge in [-0.15, -0.1) is 11.3 Å². The molecule has 2 aromatic rings. The lowest BCUT2D eigenvalue weighted by Crippen LogP contribution is -2.31. The summed E-state index contributed by atoms with van der Waals surface area (Å²) < 4.78 is 27.6. The zero-order valence-electron chi connectivity index (χ0n) is 12.0. The number of unbranched alkanes of at least 4 members (excludes halogenated alkanes) is 1. The SMILES string of the molecule is CCCCN(c1ccccc1)S(=O)(=O)c1ccc(CN)s1. The van der Waals surface area contributed by atoms with Gasteiger partial charge >= 0.3 is 0 Å². The average Bonchev–Trinajstić information content (AvgIpc) is 2.98. The molecule has 0 unspecified atom stereocenters. The number of hydrogen-bond acceptors (Lipinski definition) is 4. The molecule has 1 heterocycles. The molecule has 0 aliphatic rings. The van der Waals surface area contributed by atoms with Crippen LogP contribution in [0.15, 0.2) is 46.7 Å². The maximum atomic E-state index is 12.9. The van der Waals surface area contributed by atoms with E-state index in [4.69, 9.17) is 5.73 Å². The van der Waals surface area contributed by atoms with Gasteiger partial charge in [0.05, 0.1) is 5.69 Å². The molecule has 1 aromatic carbocycles. The van der Waals surface area contributed by atoms with Crippen molar-refractivity contribution in [3.63, 3.8) is 0 Å². The first-order chi connectivity index (χ1) is 10.1. The topological polar surface area (TPSA) is 63.4 Å². The fourth-order valence-electron chi connectivity index (χ4n) is 2.00. The van der Waals surface area contributed by atoms with Crippen molar-refractivity contribution in [3.8, 4) is 0 Å². The molecule has 0 atom stereocenters. The van der Waals surface area contributed by atoms with Crippen molar-refractivity contribution in [1.82, 2.24) is 0 Å². The Hall–Kier alpha value is -1.37. The second-order valence-corrected chi connectivity index (χ2v) is 7.95. The summed E-state index contributed by atoms with van der Waals surface area (Å²) in [5, 5.41) is 0. The molecule has 0 aliphatic carbocycles. The monoisotopic (exact) mass is 324 g/mol. The van der Waals surface area contributed by atoms with Crippen molar-refractivity contribution in [1.29, 1.82) is 0 Å². The molecule has 0 aliphatic heterocycles. The molecule has 0 fully saturated rings. The number of sulfonamides is 1. The summed E-state index contributed by atoms with van der Waals surface area (Å²) in [6.07, 6.45) is 1.76. The molecule has 0 spiro atoms. The van der Waals surface area contributed by atoms with E-state index in [2.05, 4.69) is 0 Å². The number of thiophene rings is 1. The summed E-state index contributed by atoms with van der Waals surface area (Å²) in [6, 6.07) is 12.7. The summed E-state index contributed by atoms with van der Waals surface area (Å²) in [5.41, 5.74) is 6.28. The predicted octanol–water partition coefficient (Wildman–Crippen LogP) is 3.20. The van der Waals surface area contributed by atoms with Crippen LogP contribution in [0.3, 0.4) is 0 Å².